The second-order valence-corrected chi connectivity index (χ2v) is 7.07. The molecule has 1 aromatic carbocycles. The summed E-state index contributed by atoms with van der Waals surface area (Å²) >= 11 is 1.11. The summed E-state index contributed by atoms with van der Waals surface area (Å²) in [6.45, 7) is 1.62. The maximum atomic E-state index is 12.8. The molecule has 1 atom stereocenters. The quantitative estimate of drug-likeness (QED) is 0.696. The van der Waals surface area contributed by atoms with Gasteiger partial charge in [-0.2, -0.15) is 0 Å². The number of hydrogen-bond donors (Lipinski definition) is 3. The van der Waals surface area contributed by atoms with Gasteiger partial charge >= 0.3 is 5.97 Å². The van der Waals surface area contributed by atoms with Crippen LogP contribution in [0.15, 0.2) is 24.3 Å². The third kappa shape index (κ3) is 4.47. The molecule has 0 spiro atoms. The van der Waals surface area contributed by atoms with Crippen LogP contribution in [0.25, 0.3) is 0 Å². The number of rotatable bonds is 7. The Hall–Kier alpha value is -2.09. The molecule has 0 radical (unpaired) electrons. The van der Waals surface area contributed by atoms with Crippen molar-refractivity contribution in [2.45, 2.75) is 37.0 Å². The van der Waals surface area contributed by atoms with E-state index in [2.05, 4.69) is 10.6 Å². The van der Waals surface area contributed by atoms with Crippen LogP contribution in [0.3, 0.4) is 0 Å². The Labute approximate surface area is 143 Å². The molecule has 0 aromatic heterocycles. The third-order valence-electron chi connectivity index (χ3n) is 3.94. The molecule has 0 saturated heterocycles. The van der Waals surface area contributed by atoms with Crippen molar-refractivity contribution in [3.8, 4) is 0 Å². The van der Waals surface area contributed by atoms with Crippen LogP contribution in [0.1, 0.15) is 26.2 Å². The van der Waals surface area contributed by atoms with Crippen LogP contribution in [-0.2, 0) is 14.4 Å². The number of hydrogen-bond acceptors (Lipinski definition) is 4. The average Bonchev–Trinajstić information content (AvgIpc) is 2.50. The maximum Gasteiger partial charge on any atom is 0.329 e. The topological polar surface area (TPSA) is 95.5 Å². The van der Waals surface area contributed by atoms with Crippen LogP contribution in [0.5, 0.6) is 0 Å². The van der Waals surface area contributed by atoms with Crippen LogP contribution in [-0.4, -0.2) is 39.4 Å². The van der Waals surface area contributed by atoms with E-state index in [1.165, 1.54) is 24.3 Å². The number of amides is 2. The fourth-order valence-electron chi connectivity index (χ4n) is 2.27. The summed E-state index contributed by atoms with van der Waals surface area (Å²) in [6.07, 6.45) is 1.63. The van der Waals surface area contributed by atoms with Crippen molar-refractivity contribution >= 4 is 35.2 Å². The fourth-order valence-corrected chi connectivity index (χ4v) is 2.95. The summed E-state index contributed by atoms with van der Waals surface area (Å²) < 4.78 is 12.8. The van der Waals surface area contributed by atoms with Gasteiger partial charge in [-0.1, -0.05) is 0 Å². The summed E-state index contributed by atoms with van der Waals surface area (Å²) in [5.74, 6) is -2.09. The minimum atomic E-state index is -1.15. The molecule has 8 heteroatoms. The molecule has 1 saturated carbocycles. The Morgan fingerprint density at radius 2 is 1.92 bits per heavy atom. The molecule has 1 aromatic rings. The lowest BCUT2D eigenvalue weighted by Gasteiger charge is -2.38. The van der Waals surface area contributed by atoms with E-state index in [0.29, 0.717) is 18.5 Å². The first-order valence-corrected chi connectivity index (χ1v) is 8.60. The number of nitrogens with one attached hydrogen (secondary N) is 2. The van der Waals surface area contributed by atoms with Gasteiger partial charge in [-0.15, -0.1) is 11.8 Å². The Morgan fingerprint density at radius 1 is 1.29 bits per heavy atom. The normalized spacial score (nSPS) is 16.6. The van der Waals surface area contributed by atoms with Crippen LogP contribution in [0, 0.1) is 5.82 Å². The van der Waals surface area contributed by atoms with Gasteiger partial charge in [0.05, 0.1) is 11.0 Å². The predicted molar refractivity (Wildman–Crippen MR) is 89.3 cm³/mol. The number of carbonyl (C=O) groups excluding carboxylic acids is 2. The van der Waals surface area contributed by atoms with Gasteiger partial charge < -0.3 is 15.7 Å². The van der Waals surface area contributed by atoms with E-state index < -0.39 is 28.5 Å². The van der Waals surface area contributed by atoms with Crippen molar-refractivity contribution in [1.29, 1.82) is 0 Å². The first kappa shape index (κ1) is 18.3. The number of carboxylic acids is 1. The Balaban J connectivity index is 1.78. The summed E-state index contributed by atoms with van der Waals surface area (Å²) in [4.78, 5) is 35.2. The first-order valence-electron chi connectivity index (χ1n) is 7.55. The third-order valence-corrected chi connectivity index (χ3v) is 5.08. The van der Waals surface area contributed by atoms with E-state index >= 15 is 0 Å². The van der Waals surface area contributed by atoms with Crippen molar-refractivity contribution in [3.05, 3.63) is 30.1 Å². The first-order chi connectivity index (χ1) is 11.3. The number of aliphatic carboxylic acids is 1. The van der Waals surface area contributed by atoms with Gasteiger partial charge in [0, 0.05) is 5.69 Å². The lowest BCUT2D eigenvalue weighted by molar-refractivity contribution is -0.151. The van der Waals surface area contributed by atoms with Crippen molar-refractivity contribution in [3.63, 3.8) is 0 Å². The van der Waals surface area contributed by atoms with Crippen molar-refractivity contribution < 1.29 is 23.9 Å². The molecule has 0 heterocycles. The lowest BCUT2D eigenvalue weighted by atomic mass is 9.76. The van der Waals surface area contributed by atoms with Crippen LogP contribution < -0.4 is 10.6 Å². The van der Waals surface area contributed by atoms with Gasteiger partial charge in [0.1, 0.15) is 11.4 Å². The maximum absolute atomic E-state index is 12.8. The molecule has 130 valence electrons. The summed E-state index contributed by atoms with van der Waals surface area (Å²) in [5.41, 5.74) is -0.680. The number of benzene rings is 1. The summed E-state index contributed by atoms with van der Waals surface area (Å²) in [5, 5.41) is 13.8. The monoisotopic (exact) mass is 354 g/mol. The lowest BCUT2D eigenvalue weighted by Crippen LogP contribution is -2.60. The highest BCUT2D eigenvalue weighted by atomic mass is 32.2. The molecule has 0 bridgehead atoms. The molecule has 3 N–H and O–H groups in total. The molecule has 1 aliphatic carbocycles. The predicted octanol–water partition coefficient (Wildman–Crippen LogP) is 2.01. The van der Waals surface area contributed by atoms with Gasteiger partial charge in [-0.25, -0.2) is 9.18 Å². The Kier molecular flexibility index (Phi) is 5.82. The molecule has 2 rings (SSSR count). The second kappa shape index (κ2) is 7.65. The van der Waals surface area contributed by atoms with Gasteiger partial charge in [-0.05, 0) is 50.5 Å². The largest absolute Gasteiger partial charge is 0.480 e. The zero-order valence-electron chi connectivity index (χ0n) is 13.2. The Bertz CT molecular complexity index is 631. The smallest absolute Gasteiger partial charge is 0.329 e. The van der Waals surface area contributed by atoms with Gasteiger partial charge in [0.15, 0.2) is 0 Å². The molecule has 1 fully saturated rings. The zero-order valence-corrected chi connectivity index (χ0v) is 14.0. The van der Waals surface area contributed by atoms with Crippen LogP contribution >= 0.6 is 11.8 Å². The fraction of sp³-hybridized carbons (Fsp3) is 0.438. The number of carboxylic acid groups (broad SMARTS) is 1. The van der Waals surface area contributed by atoms with E-state index in [1.807, 2.05) is 0 Å². The van der Waals surface area contributed by atoms with E-state index in [-0.39, 0.29) is 11.7 Å². The summed E-state index contributed by atoms with van der Waals surface area (Å²) in [7, 11) is 0. The van der Waals surface area contributed by atoms with Gasteiger partial charge in [0.2, 0.25) is 11.8 Å². The number of anilines is 1. The van der Waals surface area contributed by atoms with Gasteiger partial charge in [-0.3, -0.25) is 9.59 Å². The van der Waals surface area contributed by atoms with Crippen LogP contribution in [0.2, 0.25) is 0 Å². The summed E-state index contributed by atoms with van der Waals surface area (Å²) in [6, 6.07) is 5.37. The average molecular weight is 354 g/mol. The van der Waals surface area contributed by atoms with E-state index in [4.69, 9.17) is 0 Å². The second-order valence-electron chi connectivity index (χ2n) is 5.74. The molecule has 0 aliphatic heterocycles. The number of halogens is 1. The molecule has 1 aliphatic rings. The highest BCUT2D eigenvalue weighted by molar-refractivity contribution is 8.01. The zero-order chi connectivity index (χ0) is 17.7. The molecule has 1 unspecified atom stereocenters. The minimum Gasteiger partial charge on any atom is -0.480 e. The van der Waals surface area contributed by atoms with E-state index in [1.54, 1.807) is 6.92 Å². The van der Waals surface area contributed by atoms with E-state index in [0.717, 1.165) is 18.2 Å². The molecular formula is C16H19FN2O4S. The van der Waals surface area contributed by atoms with Crippen molar-refractivity contribution in [2.75, 3.05) is 11.1 Å². The van der Waals surface area contributed by atoms with Crippen molar-refractivity contribution in [2.24, 2.45) is 0 Å². The number of thioether (sulfide) groups is 1. The standard InChI is InChI=1S/C16H19FN2O4S/c1-10(14(21)19-16(15(22)23)7-2-8-16)24-9-13(20)18-12-5-3-11(17)4-6-12/h3-6,10H,2,7-9H2,1H3,(H,18,20)(H,19,21)(H,22,23). The van der Waals surface area contributed by atoms with Crippen molar-refractivity contribution in [1.82, 2.24) is 5.32 Å². The molecule has 2 amide bonds. The van der Waals surface area contributed by atoms with Gasteiger partial charge in [0.25, 0.3) is 0 Å². The highest BCUT2D eigenvalue weighted by Crippen LogP contribution is 2.32. The van der Waals surface area contributed by atoms with E-state index in [9.17, 15) is 23.9 Å². The molecule has 24 heavy (non-hydrogen) atoms. The minimum absolute atomic E-state index is 0.0338. The highest BCUT2D eigenvalue weighted by Gasteiger charge is 2.46. The number of carbonyl (C=O) groups is 3. The molecule has 6 nitrogen and oxygen atoms in total. The van der Waals surface area contributed by atoms with Crippen LogP contribution in [0.4, 0.5) is 10.1 Å². The SMILES string of the molecule is CC(SCC(=O)Nc1ccc(F)cc1)C(=O)NC1(C(=O)O)CCC1. The molecular weight excluding hydrogens is 335 g/mol. The Morgan fingerprint density at radius 3 is 2.42 bits per heavy atom.